The van der Waals surface area contributed by atoms with Crippen molar-refractivity contribution in [2.45, 2.75) is 33.0 Å². The Labute approximate surface area is 188 Å². The Morgan fingerprint density at radius 3 is 2.55 bits per heavy atom. The minimum Gasteiger partial charge on any atom is -0.491 e. The summed E-state index contributed by atoms with van der Waals surface area (Å²) in [5.74, 6) is 2.18. The van der Waals surface area contributed by atoms with Gasteiger partial charge < -0.3 is 19.8 Å². The van der Waals surface area contributed by atoms with Crippen LogP contribution in [0.2, 0.25) is 0 Å². The van der Waals surface area contributed by atoms with Crippen LogP contribution < -0.4 is 15.4 Å². The summed E-state index contributed by atoms with van der Waals surface area (Å²) in [7, 11) is 1.74. The van der Waals surface area contributed by atoms with Crippen molar-refractivity contribution in [2.24, 2.45) is 4.99 Å². The number of oxazole rings is 1. The molecule has 7 heteroatoms. The van der Waals surface area contributed by atoms with Crippen LogP contribution in [-0.2, 0) is 13.1 Å². The van der Waals surface area contributed by atoms with Gasteiger partial charge in [0.05, 0.1) is 18.3 Å². The molecule has 0 aliphatic rings. The van der Waals surface area contributed by atoms with E-state index in [0.29, 0.717) is 24.9 Å². The number of hydrogen-bond donors (Lipinski definition) is 2. The lowest BCUT2D eigenvalue weighted by Gasteiger charge is -2.13. The zero-order valence-corrected chi connectivity index (χ0v) is 19.2. The molecule has 2 N–H and O–H groups in total. The number of halogens is 1. The maximum Gasteiger partial charge on any atom is 0.226 e. The average molecular weight is 506 g/mol. The van der Waals surface area contributed by atoms with Gasteiger partial charge >= 0.3 is 0 Å². The Kier molecular flexibility index (Phi) is 8.98. The van der Waals surface area contributed by atoms with E-state index < -0.39 is 0 Å². The van der Waals surface area contributed by atoms with E-state index in [1.807, 2.05) is 62.4 Å². The van der Waals surface area contributed by atoms with Crippen LogP contribution in [0.15, 0.2) is 70.3 Å². The second kappa shape index (κ2) is 11.5. The molecule has 0 saturated carbocycles. The number of hydrogen-bond acceptors (Lipinski definition) is 4. The minimum absolute atomic E-state index is 0. The molecule has 3 rings (SSSR count). The van der Waals surface area contributed by atoms with E-state index in [0.717, 1.165) is 22.6 Å². The zero-order valence-electron chi connectivity index (χ0n) is 16.9. The van der Waals surface area contributed by atoms with Crippen molar-refractivity contribution < 1.29 is 9.15 Å². The van der Waals surface area contributed by atoms with Gasteiger partial charge in [-0.1, -0.05) is 30.3 Å². The van der Waals surface area contributed by atoms with Crippen molar-refractivity contribution in [3.05, 3.63) is 72.1 Å². The molecule has 0 spiro atoms. The summed E-state index contributed by atoms with van der Waals surface area (Å²) in [6.45, 7) is 5.20. The highest BCUT2D eigenvalue weighted by molar-refractivity contribution is 14.0. The molecule has 0 amide bonds. The van der Waals surface area contributed by atoms with Gasteiger partial charge in [-0.25, -0.2) is 4.98 Å². The molecule has 0 atom stereocenters. The van der Waals surface area contributed by atoms with Crippen molar-refractivity contribution in [1.82, 2.24) is 15.6 Å². The molecule has 1 heterocycles. The van der Waals surface area contributed by atoms with Crippen molar-refractivity contribution in [1.29, 1.82) is 0 Å². The van der Waals surface area contributed by atoms with E-state index in [4.69, 9.17) is 9.15 Å². The highest BCUT2D eigenvalue weighted by atomic mass is 127. The molecule has 0 radical (unpaired) electrons. The van der Waals surface area contributed by atoms with Crippen LogP contribution in [0, 0.1) is 0 Å². The lowest BCUT2D eigenvalue weighted by molar-refractivity contribution is 0.242. The number of nitrogens with zero attached hydrogens (tertiary/aromatic N) is 2. The quantitative estimate of drug-likeness (QED) is 0.278. The molecule has 0 aliphatic heterocycles. The van der Waals surface area contributed by atoms with Gasteiger partial charge in [0.2, 0.25) is 5.89 Å². The SMILES string of the molecule is CN=C(NCc1cccc(OC(C)C)c1)NCc1coc(-c2ccccc2)n1.I. The van der Waals surface area contributed by atoms with Gasteiger partial charge in [0.1, 0.15) is 12.0 Å². The minimum atomic E-state index is 0. The Bertz CT molecular complexity index is 910. The van der Waals surface area contributed by atoms with E-state index >= 15 is 0 Å². The summed E-state index contributed by atoms with van der Waals surface area (Å²) >= 11 is 0. The summed E-state index contributed by atoms with van der Waals surface area (Å²) in [4.78, 5) is 8.77. The summed E-state index contributed by atoms with van der Waals surface area (Å²) in [5.41, 5.74) is 2.89. The highest BCUT2D eigenvalue weighted by Crippen LogP contribution is 2.18. The Morgan fingerprint density at radius 2 is 1.83 bits per heavy atom. The van der Waals surface area contributed by atoms with Crippen LogP contribution in [-0.4, -0.2) is 24.1 Å². The lowest BCUT2D eigenvalue weighted by Crippen LogP contribution is -2.36. The fourth-order valence-corrected chi connectivity index (χ4v) is 2.68. The van der Waals surface area contributed by atoms with Gasteiger partial charge in [-0.3, -0.25) is 4.99 Å². The van der Waals surface area contributed by atoms with Gasteiger partial charge in [0.25, 0.3) is 0 Å². The maximum atomic E-state index is 5.74. The van der Waals surface area contributed by atoms with Crippen molar-refractivity contribution in [2.75, 3.05) is 7.05 Å². The molecule has 0 unspecified atom stereocenters. The fourth-order valence-electron chi connectivity index (χ4n) is 2.68. The number of ether oxygens (including phenoxy) is 1. The molecular weight excluding hydrogens is 479 g/mol. The van der Waals surface area contributed by atoms with E-state index in [-0.39, 0.29) is 30.1 Å². The second-order valence-corrected chi connectivity index (χ2v) is 6.60. The average Bonchev–Trinajstić information content (AvgIpc) is 3.18. The third-order valence-electron chi connectivity index (χ3n) is 3.96. The molecule has 29 heavy (non-hydrogen) atoms. The lowest BCUT2D eigenvalue weighted by atomic mass is 10.2. The van der Waals surface area contributed by atoms with Crippen molar-refractivity contribution in [3.63, 3.8) is 0 Å². The molecule has 3 aromatic rings. The van der Waals surface area contributed by atoms with Crippen LogP contribution in [0.3, 0.4) is 0 Å². The van der Waals surface area contributed by atoms with E-state index in [9.17, 15) is 0 Å². The highest BCUT2D eigenvalue weighted by Gasteiger charge is 2.07. The summed E-state index contributed by atoms with van der Waals surface area (Å²) in [6, 6.07) is 17.9. The molecule has 0 aliphatic carbocycles. The van der Waals surface area contributed by atoms with E-state index in [2.05, 4.69) is 26.7 Å². The van der Waals surface area contributed by atoms with Crippen LogP contribution in [0.5, 0.6) is 5.75 Å². The molecule has 1 aromatic heterocycles. The first-order valence-electron chi connectivity index (χ1n) is 9.34. The fraction of sp³-hybridized carbons (Fsp3) is 0.273. The molecule has 0 bridgehead atoms. The molecule has 2 aromatic carbocycles. The van der Waals surface area contributed by atoms with Gasteiger partial charge in [-0.05, 0) is 43.7 Å². The van der Waals surface area contributed by atoms with E-state index in [1.54, 1.807) is 13.3 Å². The number of rotatable bonds is 7. The van der Waals surface area contributed by atoms with Crippen molar-refractivity contribution in [3.8, 4) is 17.2 Å². The normalized spacial score (nSPS) is 11.1. The molecule has 0 fully saturated rings. The first-order valence-corrected chi connectivity index (χ1v) is 9.34. The number of aromatic nitrogens is 1. The van der Waals surface area contributed by atoms with Gasteiger partial charge in [-0.2, -0.15) is 0 Å². The predicted molar refractivity (Wildman–Crippen MR) is 127 cm³/mol. The van der Waals surface area contributed by atoms with Gasteiger partial charge in [0.15, 0.2) is 5.96 Å². The van der Waals surface area contributed by atoms with Crippen LogP contribution in [0.1, 0.15) is 25.1 Å². The van der Waals surface area contributed by atoms with Gasteiger partial charge in [0, 0.05) is 19.2 Å². The smallest absolute Gasteiger partial charge is 0.226 e. The third-order valence-corrected chi connectivity index (χ3v) is 3.96. The van der Waals surface area contributed by atoms with Gasteiger partial charge in [-0.15, -0.1) is 24.0 Å². The summed E-state index contributed by atoms with van der Waals surface area (Å²) in [6.07, 6.45) is 1.82. The predicted octanol–water partition coefficient (Wildman–Crippen LogP) is 4.61. The van der Waals surface area contributed by atoms with Crippen LogP contribution >= 0.6 is 24.0 Å². The Morgan fingerprint density at radius 1 is 1.07 bits per heavy atom. The molecule has 6 nitrogen and oxygen atoms in total. The topological polar surface area (TPSA) is 71.7 Å². The van der Waals surface area contributed by atoms with Crippen LogP contribution in [0.4, 0.5) is 0 Å². The molecule has 0 saturated heterocycles. The van der Waals surface area contributed by atoms with Crippen LogP contribution in [0.25, 0.3) is 11.5 Å². The largest absolute Gasteiger partial charge is 0.491 e. The first kappa shape index (κ1) is 22.7. The summed E-state index contributed by atoms with van der Waals surface area (Å²) < 4.78 is 11.3. The summed E-state index contributed by atoms with van der Waals surface area (Å²) in [5, 5.41) is 6.55. The molecular formula is C22H27IN4O2. The second-order valence-electron chi connectivity index (χ2n) is 6.60. The van der Waals surface area contributed by atoms with E-state index in [1.165, 1.54) is 0 Å². The van der Waals surface area contributed by atoms with Crippen molar-refractivity contribution >= 4 is 29.9 Å². The monoisotopic (exact) mass is 506 g/mol. The zero-order chi connectivity index (χ0) is 19.8. The standard InChI is InChI=1S/C22H26N4O2.HI/c1-16(2)28-20-11-7-8-17(12-20)13-24-22(23-3)25-14-19-15-27-21(26-19)18-9-5-4-6-10-18;/h4-12,15-16H,13-14H2,1-3H3,(H2,23,24,25);1H. The third kappa shape index (κ3) is 7.08. The number of benzene rings is 2. The maximum absolute atomic E-state index is 5.74. The number of guanidine groups is 1. The Hall–Kier alpha value is -2.55. The molecule has 154 valence electrons. The Balaban J connectivity index is 0.00000300. The number of nitrogens with one attached hydrogen (secondary N) is 2. The first-order chi connectivity index (χ1) is 13.6. The number of aliphatic imine (C=N–C) groups is 1.